The average Bonchev–Trinajstić information content (AvgIpc) is 2.97. The molecule has 0 fully saturated rings. The molecule has 0 spiro atoms. The molecule has 1 aliphatic rings. The number of carbonyl (C=O) groups is 1. The number of nitrogens with zero attached hydrogens (tertiary/aromatic N) is 2. The van der Waals surface area contributed by atoms with Gasteiger partial charge in [0, 0.05) is 17.7 Å². The first kappa shape index (κ1) is 34.1. The number of aliphatic imine (C=N–C) groups is 1. The number of benzene rings is 3. The van der Waals surface area contributed by atoms with Crippen LogP contribution in [0, 0.1) is 11.7 Å². The fraction of sp³-hybridized carbons (Fsp3) is 0.333. The molecular weight excluding hydrogens is 633 g/mol. The van der Waals surface area contributed by atoms with Gasteiger partial charge in [0.1, 0.15) is 5.82 Å². The molecule has 1 aliphatic heterocycles. The van der Waals surface area contributed by atoms with Crippen molar-refractivity contribution in [2.75, 3.05) is 10.9 Å². The third kappa shape index (κ3) is 7.05. The predicted octanol–water partition coefficient (Wildman–Crippen LogP) is 5.49. The summed E-state index contributed by atoms with van der Waals surface area (Å²) in [7, 11) is -4.65. The number of carbonyl (C=O) groups excluding carboxylic acids is 1. The van der Waals surface area contributed by atoms with Crippen molar-refractivity contribution in [2.24, 2.45) is 10.9 Å². The normalized spacial score (nSPS) is 16.9. The lowest BCUT2D eigenvalue weighted by atomic mass is 9.87. The maximum absolute atomic E-state index is 13.8. The van der Waals surface area contributed by atoms with Gasteiger partial charge in [-0.3, -0.25) is 9.10 Å². The molecule has 0 saturated heterocycles. The Bertz CT molecular complexity index is 1630. The summed E-state index contributed by atoms with van der Waals surface area (Å²) >= 11 is 0. The first-order chi connectivity index (χ1) is 21.0. The number of aryl methyl sites for hydroxylation is 1. The maximum Gasteiger partial charge on any atom is 0.430 e. The Kier molecular flexibility index (Phi) is 9.75. The zero-order chi connectivity index (χ0) is 33.2. The Hall–Kier alpha value is -3.82. The second-order valence-corrected chi connectivity index (χ2v) is 12.3. The van der Waals surface area contributed by atoms with Gasteiger partial charge in [0.05, 0.1) is 29.7 Å². The van der Waals surface area contributed by atoms with Gasteiger partial charge in [-0.25, -0.2) is 17.8 Å². The minimum atomic E-state index is -6.16. The number of aliphatic hydroxyl groups is 2. The van der Waals surface area contributed by atoms with Crippen molar-refractivity contribution in [3.63, 3.8) is 0 Å². The largest absolute Gasteiger partial charge is 0.430 e. The van der Waals surface area contributed by atoms with E-state index in [1.165, 1.54) is 6.21 Å². The highest BCUT2D eigenvalue weighted by Crippen LogP contribution is 2.51. The molecule has 0 aliphatic carbocycles. The van der Waals surface area contributed by atoms with Gasteiger partial charge < -0.3 is 10.2 Å². The van der Waals surface area contributed by atoms with Gasteiger partial charge in [-0.2, -0.15) is 26.3 Å². The van der Waals surface area contributed by atoms with E-state index in [0.29, 0.717) is 28.9 Å². The highest BCUT2D eigenvalue weighted by Gasteiger charge is 2.71. The highest BCUT2D eigenvalue weighted by atomic mass is 32.2. The molecule has 7 nitrogen and oxygen atoms in total. The van der Waals surface area contributed by atoms with Crippen LogP contribution in [-0.2, 0) is 33.3 Å². The van der Waals surface area contributed by atoms with Gasteiger partial charge in [0.25, 0.3) is 15.6 Å². The molecule has 0 aromatic heterocycles. The molecule has 4 rings (SSSR count). The van der Waals surface area contributed by atoms with Gasteiger partial charge in [-0.05, 0) is 60.7 Å². The summed E-state index contributed by atoms with van der Waals surface area (Å²) in [5.74, 6) is -2.12. The van der Waals surface area contributed by atoms with Crippen LogP contribution in [0.15, 0.2) is 82.7 Å². The number of aliphatic hydroxyl groups excluding tert-OH is 1. The molecule has 0 radical (unpaired) electrons. The molecule has 15 heteroatoms. The Morgan fingerprint density at radius 3 is 2.18 bits per heavy atom. The highest BCUT2D eigenvalue weighted by molar-refractivity contribution is 7.92. The lowest BCUT2D eigenvalue weighted by Gasteiger charge is -2.39. The standard InChI is InChI=1S/C30H27F7N2O5S/c31-23-8-11-25(12-9-23)45(43,44)39-24(16-27(41)38-17-20(18-40)14-19-4-2-1-3-5-19)10-6-21-15-22(7-13-26(21)39)28(42,29(32,33)34)30(35,36)37/h1-5,7-9,11-13,15,17,20,24,40,42H,6,10,14,16,18H2. The number of fused-ring (bicyclic) bond motifs is 1. The molecule has 2 atom stereocenters. The van der Waals surface area contributed by atoms with Crippen molar-refractivity contribution in [2.45, 2.75) is 54.6 Å². The van der Waals surface area contributed by atoms with Crippen LogP contribution in [0.4, 0.5) is 36.4 Å². The molecule has 3 aromatic rings. The van der Waals surface area contributed by atoms with Crippen molar-refractivity contribution in [3.05, 3.63) is 95.3 Å². The van der Waals surface area contributed by atoms with E-state index in [1.54, 1.807) is 18.2 Å². The van der Waals surface area contributed by atoms with Gasteiger partial charge in [-0.15, -0.1) is 0 Å². The van der Waals surface area contributed by atoms with Crippen molar-refractivity contribution in [3.8, 4) is 0 Å². The smallest absolute Gasteiger partial charge is 0.396 e. The van der Waals surface area contributed by atoms with Crippen LogP contribution in [0.3, 0.4) is 0 Å². The summed E-state index contributed by atoms with van der Waals surface area (Å²) < 4.78 is 123. The minimum Gasteiger partial charge on any atom is -0.396 e. The molecule has 242 valence electrons. The van der Waals surface area contributed by atoms with Crippen LogP contribution in [-0.4, -0.2) is 55.8 Å². The molecule has 2 unspecified atom stereocenters. The lowest BCUT2D eigenvalue weighted by molar-refractivity contribution is -0.376. The SMILES string of the molecule is O=C(CC1CCc2cc(C(O)(C(F)(F)F)C(F)(F)F)ccc2N1S(=O)(=O)c1ccc(F)cc1)N=CC(CO)Cc1ccccc1. The van der Waals surface area contributed by atoms with E-state index in [2.05, 4.69) is 4.99 Å². The van der Waals surface area contributed by atoms with E-state index < -0.39 is 68.5 Å². The Balaban J connectivity index is 1.71. The molecule has 1 heterocycles. The van der Waals surface area contributed by atoms with Crippen molar-refractivity contribution >= 4 is 27.8 Å². The quantitative estimate of drug-likeness (QED) is 0.234. The first-order valence-electron chi connectivity index (χ1n) is 13.5. The summed E-state index contributed by atoms with van der Waals surface area (Å²) in [4.78, 5) is 16.3. The number of amides is 1. The van der Waals surface area contributed by atoms with Crippen LogP contribution in [0.1, 0.15) is 29.5 Å². The van der Waals surface area contributed by atoms with Gasteiger partial charge in [-0.1, -0.05) is 42.5 Å². The van der Waals surface area contributed by atoms with E-state index in [-0.39, 0.29) is 30.7 Å². The number of halogens is 7. The summed E-state index contributed by atoms with van der Waals surface area (Å²) in [5, 5.41) is 19.6. The van der Waals surface area contributed by atoms with Crippen molar-refractivity contribution < 1.29 is 54.2 Å². The lowest BCUT2D eigenvalue weighted by Crippen LogP contribution is -2.54. The second kappa shape index (κ2) is 12.9. The number of anilines is 1. The monoisotopic (exact) mass is 660 g/mol. The molecular formula is C30H27F7N2O5S. The summed E-state index contributed by atoms with van der Waals surface area (Å²) in [6, 6.07) is 12.8. The Labute approximate surface area is 253 Å². The van der Waals surface area contributed by atoms with Crippen LogP contribution in [0.2, 0.25) is 0 Å². The predicted molar refractivity (Wildman–Crippen MR) is 149 cm³/mol. The first-order valence-corrected chi connectivity index (χ1v) is 14.9. The van der Waals surface area contributed by atoms with Crippen molar-refractivity contribution in [1.82, 2.24) is 0 Å². The summed E-state index contributed by atoms with van der Waals surface area (Å²) in [6.07, 6.45) is -11.7. The zero-order valence-electron chi connectivity index (χ0n) is 23.3. The fourth-order valence-corrected chi connectivity index (χ4v) is 6.82. The Morgan fingerprint density at radius 1 is 0.978 bits per heavy atom. The summed E-state index contributed by atoms with van der Waals surface area (Å²) in [5.41, 5.74) is -6.52. The van der Waals surface area contributed by atoms with Crippen molar-refractivity contribution in [1.29, 1.82) is 0 Å². The Morgan fingerprint density at radius 2 is 1.60 bits per heavy atom. The van der Waals surface area contributed by atoms with Gasteiger partial charge in [0.2, 0.25) is 5.91 Å². The third-order valence-corrected chi connectivity index (χ3v) is 9.30. The molecule has 0 bridgehead atoms. The van der Waals surface area contributed by atoms with E-state index in [4.69, 9.17) is 0 Å². The number of sulfonamides is 1. The zero-order valence-corrected chi connectivity index (χ0v) is 24.1. The molecule has 0 saturated carbocycles. The number of rotatable bonds is 9. The van der Waals surface area contributed by atoms with Crippen LogP contribution in [0.5, 0.6) is 0 Å². The van der Waals surface area contributed by atoms with E-state index in [1.807, 2.05) is 12.1 Å². The van der Waals surface area contributed by atoms with Crippen LogP contribution < -0.4 is 4.31 Å². The van der Waals surface area contributed by atoms with Crippen LogP contribution >= 0.6 is 0 Å². The van der Waals surface area contributed by atoms with Gasteiger partial charge >= 0.3 is 12.4 Å². The van der Waals surface area contributed by atoms with Gasteiger partial charge in [0.15, 0.2) is 0 Å². The minimum absolute atomic E-state index is 0.220. The number of hydrogen-bond donors (Lipinski definition) is 2. The topological polar surface area (TPSA) is 107 Å². The maximum atomic E-state index is 13.8. The molecule has 2 N–H and O–H groups in total. The molecule has 45 heavy (non-hydrogen) atoms. The fourth-order valence-electron chi connectivity index (χ4n) is 5.10. The number of hydrogen-bond acceptors (Lipinski definition) is 5. The van der Waals surface area contributed by atoms with E-state index in [0.717, 1.165) is 29.8 Å². The van der Waals surface area contributed by atoms with E-state index in [9.17, 15) is 54.2 Å². The average molecular weight is 661 g/mol. The molecule has 3 aromatic carbocycles. The molecule has 1 amide bonds. The summed E-state index contributed by atoms with van der Waals surface area (Å²) in [6.45, 7) is -0.349. The van der Waals surface area contributed by atoms with Crippen LogP contribution in [0.25, 0.3) is 0 Å². The second-order valence-electron chi connectivity index (χ2n) is 10.5. The third-order valence-electron chi connectivity index (χ3n) is 7.42. The number of alkyl halides is 6. The van der Waals surface area contributed by atoms with E-state index >= 15 is 0 Å².